The van der Waals surface area contributed by atoms with Crippen molar-refractivity contribution in [2.45, 2.75) is 32.2 Å². The van der Waals surface area contributed by atoms with Crippen LogP contribution in [0.1, 0.15) is 36.4 Å². The minimum Gasteiger partial charge on any atom is -0.497 e. The first-order chi connectivity index (χ1) is 9.74. The van der Waals surface area contributed by atoms with Gasteiger partial charge in [0.15, 0.2) is 0 Å². The highest BCUT2D eigenvalue weighted by molar-refractivity contribution is 5.38. The molecule has 4 rings (SSSR count). The van der Waals surface area contributed by atoms with Crippen LogP contribution in [-0.2, 0) is 0 Å². The molecule has 3 saturated carbocycles. The maximum atomic E-state index is 5.92. The van der Waals surface area contributed by atoms with Crippen LogP contribution < -0.4 is 16.0 Å². The molecule has 3 aliphatic carbocycles. The Kier molecular flexibility index (Phi) is 2.83. The normalized spacial score (nSPS) is 38.6. The van der Waals surface area contributed by atoms with Crippen molar-refractivity contribution in [1.29, 1.82) is 0 Å². The van der Waals surface area contributed by atoms with Crippen LogP contribution >= 0.6 is 0 Å². The third-order valence-electron chi connectivity index (χ3n) is 6.17. The smallest absolute Gasteiger partial charge is 0.119 e. The molecule has 3 N–H and O–H groups in total. The zero-order chi connectivity index (χ0) is 13.9. The van der Waals surface area contributed by atoms with Crippen LogP contribution in [0.25, 0.3) is 0 Å². The highest BCUT2D eigenvalue weighted by atomic mass is 16.5. The van der Waals surface area contributed by atoms with Crippen LogP contribution in [0.5, 0.6) is 5.75 Å². The van der Waals surface area contributed by atoms with Gasteiger partial charge in [-0.2, -0.15) is 0 Å². The molecule has 1 aromatic carbocycles. The number of aryl methyl sites for hydroxylation is 1. The zero-order valence-electron chi connectivity index (χ0n) is 12.3. The Morgan fingerprint density at radius 3 is 2.50 bits per heavy atom. The minimum atomic E-state index is 0.319. The number of methoxy groups -OCH3 is 1. The predicted octanol–water partition coefficient (Wildman–Crippen LogP) is 2.80. The summed E-state index contributed by atoms with van der Waals surface area (Å²) in [5.74, 6) is 11.5. The minimum absolute atomic E-state index is 0.319. The summed E-state index contributed by atoms with van der Waals surface area (Å²) in [6.07, 6.45) is 4.41. The highest BCUT2D eigenvalue weighted by Crippen LogP contribution is 2.72. The van der Waals surface area contributed by atoms with E-state index in [0.717, 1.165) is 35.3 Å². The van der Waals surface area contributed by atoms with Crippen LogP contribution in [0.2, 0.25) is 0 Å². The first kappa shape index (κ1) is 12.7. The SMILES string of the molecule is COc1ccc(C(NN)C2C3C4CCC(C4)C32)c(C)c1. The van der Waals surface area contributed by atoms with E-state index in [4.69, 9.17) is 10.6 Å². The molecule has 0 aliphatic heterocycles. The molecule has 0 spiro atoms. The monoisotopic (exact) mass is 272 g/mol. The molecule has 3 heteroatoms. The van der Waals surface area contributed by atoms with Crippen molar-refractivity contribution in [3.8, 4) is 5.75 Å². The van der Waals surface area contributed by atoms with Gasteiger partial charge in [-0.15, -0.1) is 0 Å². The van der Waals surface area contributed by atoms with Crippen molar-refractivity contribution >= 4 is 0 Å². The number of nitrogens with two attached hydrogens (primary N) is 1. The Labute approximate surface area is 120 Å². The maximum absolute atomic E-state index is 5.92. The first-order valence-electron chi connectivity index (χ1n) is 7.85. The van der Waals surface area contributed by atoms with Gasteiger partial charge in [0.05, 0.1) is 7.11 Å². The fraction of sp³-hybridized carbons (Fsp3) is 0.647. The molecule has 0 amide bonds. The van der Waals surface area contributed by atoms with Crippen LogP contribution in [0.3, 0.4) is 0 Å². The molecule has 3 aliphatic rings. The fourth-order valence-electron chi connectivity index (χ4n) is 5.37. The van der Waals surface area contributed by atoms with E-state index in [1.807, 2.05) is 0 Å². The number of nitrogens with one attached hydrogen (secondary N) is 1. The van der Waals surface area contributed by atoms with Gasteiger partial charge >= 0.3 is 0 Å². The fourth-order valence-corrected chi connectivity index (χ4v) is 5.37. The Morgan fingerprint density at radius 2 is 1.95 bits per heavy atom. The van der Waals surface area contributed by atoms with Crippen LogP contribution in [0.4, 0.5) is 0 Å². The molecule has 3 fully saturated rings. The van der Waals surface area contributed by atoms with Gasteiger partial charge < -0.3 is 4.74 Å². The van der Waals surface area contributed by atoms with Crippen molar-refractivity contribution in [3.05, 3.63) is 29.3 Å². The van der Waals surface area contributed by atoms with E-state index < -0.39 is 0 Å². The lowest BCUT2D eigenvalue weighted by molar-refractivity contribution is 0.372. The highest BCUT2D eigenvalue weighted by Gasteiger charge is 2.66. The summed E-state index contributed by atoms with van der Waals surface area (Å²) in [5, 5.41) is 0. The summed E-state index contributed by atoms with van der Waals surface area (Å²) in [7, 11) is 1.72. The second-order valence-electron chi connectivity index (χ2n) is 6.93. The van der Waals surface area contributed by atoms with Crippen molar-refractivity contribution in [2.24, 2.45) is 35.4 Å². The third-order valence-corrected chi connectivity index (χ3v) is 6.17. The molecule has 20 heavy (non-hydrogen) atoms. The standard InChI is InChI=1S/C17H24N2O/c1-9-7-12(20-2)5-6-13(9)17(19-18)16-14-10-3-4-11(8-10)15(14)16/h5-7,10-11,14-17,19H,3-4,8,18H2,1-2H3. The topological polar surface area (TPSA) is 47.3 Å². The second-order valence-corrected chi connectivity index (χ2v) is 6.93. The summed E-state index contributed by atoms with van der Waals surface area (Å²) in [5.41, 5.74) is 5.75. The second kappa shape index (κ2) is 4.47. The van der Waals surface area contributed by atoms with E-state index in [-0.39, 0.29) is 0 Å². The molecule has 5 unspecified atom stereocenters. The lowest BCUT2D eigenvalue weighted by atomic mass is 9.91. The van der Waals surface area contributed by atoms with E-state index in [1.54, 1.807) is 7.11 Å². The van der Waals surface area contributed by atoms with Crippen molar-refractivity contribution in [1.82, 2.24) is 5.43 Å². The largest absolute Gasteiger partial charge is 0.497 e. The maximum Gasteiger partial charge on any atom is 0.119 e. The molecular weight excluding hydrogens is 248 g/mol. The molecule has 0 radical (unpaired) electrons. The lowest BCUT2D eigenvalue weighted by Crippen LogP contribution is -2.31. The molecule has 0 heterocycles. The average molecular weight is 272 g/mol. The van der Waals surface area contributed by atoms with E-state index in [1.165, 1.54) is 30.4 Å². The number of rotatable bonds is 4. The summed E-state index contributed by atoms with van der Waals surface area (Å²) >= 11 is 0. The third kappa shape index (κ3) is 1.66. The molecule has 0 saturated heterocycles. The summed E-state index contributed by atoms with van der Waals surface area (Å²) in [6, 6.07) is 6.68. The molecule has 0 aromatic heterocycles. The number of hydrazine groups is 1. The molecule has 2 bridgehead atoms. The molecule has 1 aromatic rings. The Hall–Kier alpha value is -1.06. The average Bonchev–Trinajstić information content (AvgIpc) is 2.88. The number of fused-ring (bicyclic) bond motifs is 5. The van der Waals surface area contributed by atoms with E-state index >= 15 is 0 Å². The number of hydrogen-bond donors (Lipinski definition) is 2. The van der Waals surface area contributed by atoms with Crippen LogP contribution in [0, 0.1) is 36.5 Å². The molecule has 3 nitrogen and oxygen atoms in total. The van der Waals surface area contributed by atoms with Crippen molar-refractivity contribution < 1.29 is 4.74 Å². The molecule has 108 valence electrons. The van der Waals surface area contributed by atoms with Gasteiger partial charge in [-0.3, -0.25) is 11.3 Å². The van der Waals surface area contributed by atoms with Gasteiger partial charge in [-0.1, -0.05) is 6.07 Å². The summed E-state index contributed by atoms with van der Waals surface area (Å²) in [4.78, 5) is 0. The van der Waals surface area contributed by atoms with Gasteiger partial charge in [0.2, 0.25) is 0 Å². The van der Waals surface area contributed by atoms with E-state index in [9.17, 15) is 0 Å². The number of hydrogen-bond acceptors (Lipinski definition) is 3. The van der Waals surface area contributed by atoms with Gasteiger partial charge in [-0.05, 0) is 79.0 Å². The molecular formula is C17H24N2O. The van der Waals surface area contributed by atoms with E-state index in [2.05, 4.69) is 30.5 Å². The summed E-state index contributed by atoms with van der Waals surface area (Å²) < 4.78 is 5.31. The van der Waals surface area contributed by atoms with Gasteiger partial charge in [0, 0.05) is 6.04 Å². The Bertz CT molecular complexity index is 514. The quantitative estimate of drug-likeness (QED) is 0.654. The number of ether oxygens (including phenoxy) is 1. The van der Waals surface area contributed by atoms with Crippen molar-refractivity contribution in [3.63, 3.8) is 0 Å². The van der Waals surface area contributed by atoms with Gasteiger partial charge in [-0.25, -0.2) is 0 Å². The van der Waals surface area contributed by atoms with Crippen molar-refractivity contribution in [2.75, 3.05) is 7.11 Å². The van der Waals surface area contributed by atoms with Gasteiger partial charge in [0.25, 0.3) is 0 Å². The Balaban J connectivity index is 1.60. The predicted molar refractivity (Wildman–Crippen MR) is 79.1 cm³/mol. The lowest BCUT2D eigenvalue weighted by Gasteiger charge is -2.22. The van der Waals surface area contributed by atoms with Crippen LogP contribution in [-0.4, -0.2) is 7.11 Å². The van der Waals surface area contributed by atoms with Crippen LogP contribution in [0.15, 0.2) is 18.2 Å². The number of benzene rings is 1. The first-order valence-corrected chi connectivity index (χ1v) is 7.85. The Morgan fingerprint density at radius 1 is 1.25 bits per heavy atom. The zero-order valence-corrected chi connectivity index (χ0v) is 12.3. The molecule has 5 atom stereocenters. The van der Waals surface area contributed by atoms with Gasteiger partial charge in [0.1, 0.15) is 5.75 Å². The summed E-state index contributed by atoms with van der Waals surface area (Å²) in [6.45, 7) is 2.16. The van der Waals surface area contributed by atoms with E-state index in [0.29, 0.717) is 6.04 Å².